The summed E-state index contributed by atoms with van der Waals surface area (Å²) >= 11 is 0. The lowest BCUT2D eigenvalue weighted by Gasteiger charge is -2.27. The molecule has 0 radical (unpaired) electrons. The number of aryl methyl sites for hydroxylation is 1. The molecular weight excluding hydrogens is 344 g/mol. The molecule has 0 heterocycles. The van der Waals surface area contributed by atoms with E-state index in [0.29, 0.717) is 6.61 Å². The van der Waals surface area contributed by atoms with Gasteiger partial charge in [-0.2, -0.15) is 0 Å². The standard InChI is InChI=1S/C26H28O2/c1-3-28-25-14-7-6-12-24(25)26(20-15-17-21(27-2)18-16-20)23-13-8-10-19-9-4-5-11-22(19)23/h6-8,10,12-18,26H,3-5,9,11H2,1-2H3. The lowest BCUT2D eigenvalue weighted by Crippen LogP contribution is -2.13. The first kappa shape index (κ1) is 18.6. The molecule has 0 saturated heterocycles. The monoisotopic (exact) mass is 372 g/mol. The van der Waals surface area contributed by atoms with Gasteiger partial charge in [0.15, 0.2) is 0 Å². The molecule has 2 nitrogen and oxygen atoms in total. The smallest absolute Gasteiger partial charge is 0.123 e. The highest BCUT2D eigenvalue weighted by atomic mass is 16.5. The summed E-state index contributed by atoms with van der Waals surface area (Å²) in [5.74, 6) is 2.01. The summed E-state index contributed by atoms with van der Waals surface area (Å²) < 4.78 is 11.4. The van der Waals surface area contributed by atoms with Crippen molar-refractivity contribution in [3.05, 3.63) is 94.5 Å². The first-order valence-corrected chi connectivity index (χ1v) is 10.3. The third-order valence-electron chi connectivity index (χ3n) is 5.72. The Hall–Kier alpha value is -2.74. The van der Waals surface area contributed by atoms with E-state index in [0.717, 1.165) is 17.9 Å². The minimum Gasteiger partial charge on any atom is -0.497 e. The van der Waals surface area contributed by atoms with Gasteiger partial charge in [0, 0.05) is 11.5 Å². The maximum Gasteiger partial charge on any atom is 0.123 e. The molecular formula is C26H28O2. The molecule has 3 aromatic carbocycles. The summed E-state index contributed by atoms with van der Waals surface area (Å²) in [5, 5.41) is 0. The van der Waals surface area contributed by atoms with Gasteiger partial charge in [0.05, 0.1) is 13.7 Å². The van der Waals surface area contributed by atoms with E-state index in [4.69, 9.17) is 9.47 Å². The molecule has 3 aromatic rings. The molecule has 0 bridgehead atoms. The molecule has 0 saturated carbocycles. The molecule has 28 heavy (non-hydrogen) atoms. The first-order valence-electron chi connectivity index (χ1n) is 10.3. The van der Waals surface area contributed by atoms with Crippen LogP contribution < -0.4 is 9.47 Å². The molecule has 1 aliphatic carbocycles. The topological polar surface area (TPSA) is 18.5 Å². The van der Waals surface area contributed by atoms with Crippen LogP contribution in [-0.2, 0) is 12.8 Å². The zero-order chi connectivity index (χ0) is 19.3. The number of fused-ring (bicyclic) bond motifs is 1. The highest BCUT2D eigenvalue weighted by molar-refractivity contribution is 5.53. The van der Waals surface area contributed by atoms with Crippen LogP contribution in [0.2, 0.25) is 0 Å². The molecule has 1 unspecified atom stereocenters. The minimum absolute atomic E-state index is 0.154. The molecule has 0 aromatic heterocycles. The van der Waals surface area contributed by atoms with Gasteiger partial charge in [0.25, 0.3) is 0 Å². The summed E-state index contributed by atoms with van der Waals surface area (Å²) in [6.07, 6.45) is 4.91. The molecule has 0 fully saturated rings. The number of para-hydroxylation sites is 1. The lowest BCUT2D eigenvalue weighted by atomic mass is 9.78. The van der Waals surface area contributed by atoms with Crippen molar-refractivity contribution in [3.8, 4) is 11.5 Å². The summed E-state index contributed by atoms with van der Waals surface area (Å²) in [6, 6.07) is 23.8. The molecule has 4 rings (SSSR count). The van der Waals surface area contributed by atoms with Crippen molar-refractivity contribution in [3.63, 3.8) is 0 Å². The van der Waals surface area contributed by atoms with E-state index in [1.807, 2.05) is 6.92 Å². The number of benzene rings is 3. The average molecular weight is 373 g/mol. The van der Waals surface area contributed by atoms with E-state index in [-0.39, 0.29) is 5.92 Å². The summed E-state index contributed by atoms with van der Waals surface area (Å²) in [7, 11) is 1.71. The predicted octanol–water partition coefficient (Wildman–Crippen LogP) is 6.15. The fraction of sp³-hybridized carbons (Fsp3) is 0.308. The van der Waals surface area contributed by atoms with Crippen LogP contribution in [0.25, 0.3) is 0 Å². The minimum atomic E-state index is 0.154. The van der Waals surface area contributed by atoms with Crippen molar-refractivity contribution < 1.29 is 9.47 Å². The second-order valence-corrected chi connectivity index (χ2v) is 7.37. The Morgan fingerprint density at radius 2 is 1.57 bits per heavy atom. The van der Waals surface area contributed by atoms with E-state index in [1.165, 1.54) is 47.1 Å². The second-order valence-electron chi connectivity index (χ2n) is 7.37. The van der Waals surface area contributed by atoms with Crippen LogP contribution in [-0.4, -0.2) is 13.7 Å². The van der Waals surface area contributed by atoms with E-state index in [9.17, 15) is 0 Å². The van der Waals surface area contributed by atoms with Crippen molar-refractivity contribution in [1.29, 1.82) is 0 Å². The molecule has 144 valence electrons. The molecule has 0 amide bonds. The Labute approximate surface area is 168 Å². The Kier molecular flexibility index (Phi) is 5.66. The predicted molar refractivity (Wildman–Crippen MR) is 115 cm³/mol. The first-order chi connectivity index (χ1) is 13.8. The Bertz CT molecular complexity index is 927. The Balaban J connectivity index is 1.90. The van der Waals surface area contributed by atoms with Gasteiger partial charge in [-0.3, -0.25) is 0 Å². The number of hydrogen-bond donors (Lipinski definition) is 0. The largest absolute Gasteiger partial charge is 0.497 e. The molecule has 1 aliphatic rings. The number of methoxy groups -OCH3 is 1. The third kappa shape index (κ3) is 3.64. The third-order valence-corrected chi connectivity index (χ3v) is 5.72. The van der Waals surface area contributed by atoms with Crippen molar-refractivity contribution in [2.45, 2.75) is 38.5 Å². The molecule has 0 aliphatic heterocycles. The van der Waals surface area contributed by atoms with Crippen LogP contribution in [0.1, 0.15) is 53.5 Å². The van der Waals surface area contributed by atoms with Gasteiger partial charge in [-0.05, 0) is 73.1 Å². The van der Waals surface area contributed by atoms with Crippen molar-refractivity contribution in [2.75, 3.05) is 13.7 Å². The van der Waals surface area contributed by atoms with Gasteiger partial charge >= 0.3 is 0 Å². The highest BCUT2D eigenvalue weighted by Crippen LogP contribution is 2.41. The molecule has 2 heteroatoms. The van der Waals surface area contributed by atoms with Gasteiger partial charge in [0.1, 0.15) is 11.5 Å². The highest BCUT2D eigenvalue weighted by Gasteiger charge is 2.25. The van der Waals surface area contributed by atoms with Crippen LogP contribution in [0.15, 0.2) is 66.7 Å². The summed E-state index contributed by atoms with van der Waals surface area (Å²) in [5.41, 5.74) is 6.95. The number of ether oxygens (including phenoxy) is 2. The maximum atomic E-state index is 6.03. The van der Waals surface area contributed by atoms with E-state index >= 15 is 0 Å². The maximum absolute atomic E-state index is 6.03. The number of hydrogen-bond acceptors (Lipinski definition) is 2. The normalized spacial score (nSPS) is 14.2. The van der Waals surface area contributed by atoms with Gasteiger partial charge in [-0.25, -0.2) is 0 Å². The van der Waals surface area contributed by atoms with Crippen molar-refractivity contribution >= 4 is 0 Å². The van der Waals surface area contributed by atoms with Crippen LogP contribution in [0, 0.1) is 0 Å². The van der Waals surface area contributed by atoms with Gasteiger partial charge in [-0.15, -0.1) is 0 Å². The molecule has 0 spiro atoms. The van der Waals surface area contributed by atoms with E-state index in [1.54, 1.807) is 7.11 Å². The van der Waals surface area contributed by atoms with Gasteiger partial charge < -0.3 is 9.47 Å². The van der Waals surface area contributed by atoms with Crippen LogP contribution in [0.5, 0.6) is 11.5 Å². The quantitative estimate of drug-likeness (QED) is 0.483. The van der Waals surface area contributed by atoms with Crippen LogP contribution in [0.3, 0.4) is 0 Å². The van der Waals surface area contributed by atoms with Gasteiger partial charge in [0.2, 0.25) is 0 Å². The van der Waals surface area contributed by atoms with Crippen molar-refractivity contribution in [1.82, 2.24) is 0 Å². The average Bonchev–Trinajstić information content (AvgIpc) is 2.76. The Morgan fingerprint density at radius 3 is 2.36 bits per heavy atom. The zero-order valence-electron chi connectivity index (χ0n) is 16.8. The summed E-state index contributed by atoms with van der Waals surface area (Å²) in [6.45, 7) is 2.71. The zero-order valence-corrected chi connectivity index (χ0v) is 16.8. The van der Waals surface area contributed by atoms with E-state index < -0.39 is 0 Å². The SMILES string of the molecule is CCOc1ccccc1C(c1ccc(OC)cc1)c1cccc2c1CCCC2. The Morgan fingerprint density at radius 1 is 0.821 bits per heavy atom. The lowest BCUT2D eigenvalue weighted by molar-refractivity contribution is 0.336. The van der Waals surface area contributed by atoms with Gasteiger partial charge in [-0.1, -0.05) is 48.5 Å². The molecule has 1 atom stereocenters. The fourth-order valence-electron chi connectivity index (χ4n) is 4.41. The second kappa shape index (κ2) is 8.52. The summed E-state index contributed by atoms with van der Waals surface area (Å²) in [4.78, 5) is 0. The van der Waals surface area contributed by atoms with Crippen LogP contribution in [0.4, 0.5) is 0 Å². The van der Waals surface area contributed by atoms with Crippen molar-refractivity contribution in [2.24, 2.45) is 0 Å². The van der Waals surface area contributed by atoms with Crippen LogP contribution >= 0.6 is 0 Å². The molecule has 0 N–H and O–H groups in total. The number of rotatable bonds is 6. The van der Waals surface area contributed by atoms with E-state index in [2.05, 4.69) is 66.7 Å². The fourth-order valence-corrected chi connectivity index (χ4v) is 4.41.